The molecule has 0 spiro atoms. The third kappa shape index (κ3) is 3.95. The first-order chi connectivity index (χ1) is 9.29. The fourth-order valence-electron chi connectivity index (χ4n) is 2.19. The van der Waals surface area contributed by atoms with Crippen molar-refractivity contribution in [3.63, 3.8) is 0 Å². The van der Waals surface area contributed by atoms with Crippen LogP contribution in [0, 0.1) is 11.3 Å². The smallest absolute Gasteiger partial charge is 0.224 e. The molecular formula is C14H18N4O. The number of aromatic nitrogens is 1. The van der Waals surface area contributed by atoms with Crippen molar-refractivity contribution >= 4 is 11.7 Å². The van der Waals surface area contributed by atoms with Crippen LogP contribution in [0.1, 0.15) is 31.4 Å². The van der Waals surface area contributed by atoms with Gasteiger partial charge in [-0.15, -0.1) is 0 Å². The van der Waals surface area contributed by atoms with E-state index in [4.69, 9.17) is 5.26 Å². The van der Waals surface area contributed by atoms with Gasteiger partial charge in [-0.25, -0.2) is 4.98 Å². The summed E-state index contributed by atoms with van der Waals surface area (Å²) in [6.45, 7) is 2.33. The van der Waals surface area contributed by atoms with E-state index < -0.39 is 0 Å². The van der Waals surface area contributed by atoms with Crippen LogP contribution < -0.4 is 5.32 Å². The number of carbonyl (C=O) groups excluding carboxylic acids is 1. The van der Waals surface area contributed by atoms with Crippen LogP contribution in [0.2, 0.25) is 0 Å². The molecule has 1 N–H and O–H groups in total. The molecule has 0 radical (unpaired) electrons. The molecule has 5 heteroatoms. The third-order valence-corrected chi connectivity index (χ3v) is 3.22. The largest absolute Gasteiger partial charge is 0.370 e. The number of amides is 1. The number of nitrogens with zero attached hydrogens (tertiary/aromatic N) is 3. The number of pyridine rings is 1. The molecular weight excluding hydrogens is 240 g/mol. The minimum atomic E-state index is 0.198. The Bertz CT molecular complexity index is 475. The van der Waals surface area contributed by atoms with Gasteiger partial charge < -0.3 is 10.2 Å². The zero-order valence-electron chi connectivity index (χ0n) is 10.9. The van der Waals surface area contributed by atoms with Crippen molar-refractivity contribution in [2.75, 3.05) is 25.0 Å². The summed E-state index contributed by atoms with van der Waals surface area (Å²) in [5.41, 5.74) is 0.382. The molecule has 0 bridgehead atoms. The second-order valence-electron chi connectivity index (χ2n) is 4.64. The van der Waals surface area contributed by atoms with Crippen molar-refractivity contribution < 1.29 is 4.79 Å². The molecule has 1 saturated heterocycles. The second kappa shape index (κ2) is 6.74. The van der Waals surface area contributed by atoms with Crippen LogP contribution in [-0.4, -0.2) is 35.4 Å². The fraction of sp³-hybridized carbons (Fsp3) is 0.500. The Morgan fingerprint density at radius 3 is 2.89 bits per heavy atom. The average Bonchev–Trinajstić information content (AvgIpc) is 2.48. The predicted octanol–water partition coefficient (Wildman–Crippen LogP) is 1.77. The number of piperidine rings is 1. The quantitative estimate of drug-likeness (QED) is 0.893. The van der Waals surface area contributed by atoms with E-state index in [0.717, 1.165) is 25.9 Å². The summed E-state index contributed by atoms with van der Waals surface area (Å²) in [5, 5.41) is 11.8. The molecule has 0 atom stereocenters. The van der Waals surface area contributed by atoms with Crippen molar-refractivity contribution in [1.29, 1.82) is 5.26 Å². The Kier molecular flexibility index (Phi) is 4.73. The van der Waals surface area contributed by atoms with Crippen molar-refractivity contribution in [3.8, 4) is 6.07 Å². The van der Waals surface area contributed by atoms with E-state index in [9.17, 15) is 4.79 Å². The van der Waals surface area contributed by atoms with E-state index >= 15 is 0 Å². The van der Waals surface area contributed by atoms with Gasteiger partial charge in [0, 0.05) is 26.1 Å². The van der Waals surface area contributed by atoms with Crippen molar-refractivity contribution in [2.45, 2.75) is 25.7 Å². The Morgan fingerprint density at radius 1 is 1.37 bits per heavy atom. The molecule has 1 fully saturated rings. The van der Waals surface area contributed by atoms with E-state index in [1.165, 1.54) is 6.42 Å². The third-order valence-electron chi connectivity index (χ3n) is 3.22. The highest BCUT2D eigenvalue weighted by molar-refractivity contribution is 5.76. The number of likely N-dealkylation sites (tertiary alicyclic amines) is 1. The summed E-state index contributed by atoms with van der Waals surface area (Å²) < 4.78 is 0. The number of nitriles is 1. The van der Waals surface area contributed by atoms with Crippen LogP contribution in [0.5, 0.6) is 0 Å². The number of carbonyl (C=O) groups is 1. The molecule has 1 aromatic rings. The SMILES string of the molecule is N#Cc1cccc(NCCC(=O)N2CCCCC2)n1. The van der Waals surface area contributed by atoms with Gasteiger partial charge in [0.1, 0.15) is 17.6 Å². The molecule has 100 valence electrons. The minimum absolute atomic E-state index is 0.198. The lowest BCUT2D eigenvalue weighted by molar-refractivity contribution is -0.131. The molecule has 1 aromatic heterocycles. The first-order valence-electron chi connectivity index (χ1n) is 6.68. The van der Waals surface area contributed by atoms with E-state index in [0.29, 0.717) is 24.5 Å². The molecule has 1 amide bonds. The van der Waals surface area contributed by atoms with Crippen LogP contribution in [0.15, 0.2) is 18.2 Å². The van der Waals surface area contributed by atoms with Crippen LogP contribution in [0.4, 0.5) is 5.82 Å². The van der Waals surface area contributed by atoms with Gasteiger partial charge in [-0.2, -0.15) is 5.26 Å². The van der Waals surface area contributed by atoms with E-state index in [2.05, 4.69) is 10.3 Å². The topological polar surface area (TPSA) is 69.0 Å². The standard InChI is InChI=1S/C14H18N4O/c15-11-12-5-4-6-13(17-12)16-8-7-14(19)18-9-2-1-3-10-18/h4-6H,1-3,7-10H2,(H,16,17). The van der Waals surface area contributed by atoms with Gasteiger partial charge in [0.25, 0.3) is 0 Å². The van der Waals surface area contributed by atoms with Crippen molar-refractivity contribution in [2.24, 2.45) is 0 Å². The van der Waals surface area contributed by atoms with E-state index in [-0.39, 0.29) is 5.91 Å². The Labute approximate surface area is 113 Å². The first kappa shape index (κ1) is 13.3. The monoisotopic (exact) mass is 258 g/mol. The van der Waals surface area contributed by atoms with Crippen molar-refractivity contribution in [3.05, 3.63) is 23.9 Å². The molecule has 0 saturated carbocycles. The summed E-state index contributed by atoms with van der Waals surface area (Å²) in [6.07, 6.45) is 3.93. The number of hydrogen-bond acceptors (Lipinski definition) is 4. The normalized spacial score (nSPS) is 14.8. The number of hydrogen-bond donors (Lipinski definition) is 1. The lowest BCUT2D eigenvalue weighted by Gasteiger charge is -2.26. The first-order valence-corrected chi connectivity index (χ1v) is 6.68. The molecule has 0 aliphatic carbocycles. The van der Waals surface area contributed by atoms with Crippen LogP contribution in [-0.2, 0) is 4.79 Å². The highest BCUT2D eigenvalue weighted by Crippen LogP contribution is 2.10. The molecule has 2 rings (SSSR count). The van der Waals surface area contributed by atoms with Gasteiger partial charge in [0.15, 0.2) is 0 Å². The number of nitrogens with one attached hydrogen (secondary N) is 1. The van der Waals surface area contributed by atoms with Gasteiger partial charge in [-0.3, -0.25) is 4.79 Å². The lowest BCUT2D eigenvalue weighted by Crippen LogP contribution is -2.36. The van der Waals surface area contributed by atoms with Gasteiger partial charge in [0.2, 0.25) is 5.91 Å². The fourth-order valence-corrected chi connectivity index (χ4v) is 2.19. The van der Waals surface area contributed by atoms with Crippen LogP contribution in [0.3, 0.4) is 0 Å². The number of rotatable bonds is 4. The molecule has 2 heterocycles. The molecule has 1 aliphatic rings. The second-order valence-corrected chi connectivity index (χ2v) is 4.64. The summed E-state index contributed by atoms with van der Waals surface area (Å²) in [5.74, 6) is 0.842. The molecule has 5 nitrogen and oxygen atoms in total. The molecule has 1 aliphatic heterocycles. The Morgan fingerprint density at radius 2 is 2.16 bits per heavy atom. The highest BCUT2D eigenvalue weighted by Gasteiger charge is 2.15. The van der Waals surface area contributed by atoms with E-state index in [1.54, 1.807) is 18.2 Å². The Hall–Kier alpha value is -2.09. The van der Waals surface area contributed by atoms with E-state index in [1.807, 2.05) is 11.0 Å². The van der Waals surface area contributed by atoms with Crippen LogP contribution >= 0.6 is 0 Å². The summed E-state index contributed by atoms with van der Waals surface area (Å²) >= 11 is 0. The lowest BCUT2D eigenvalue weighted by atomic mass is 10.1. The zero-order valence-corrected chi connectivity index (χ0v) is 10.9. The molecule has 0 unspecified atom stereocenters. The van der Waals surface area contributed by atoms with Gasteiger partial charge in [-0.1, -0.05) is 6.07 Å². The van der Waals surface area contributed by atoms with Gasteiger partial charge >= 0.3 is 0 Å². The highest BCUT2D eigenvalue weighted by atomic mass is 16.2. The van der Waals surface area contributed by atoms with Gasteiger partial charge in [0.05, 0.1) is 0 Å². The van der Waals surface area contributed by atoms with Crippen LogP contribution in [0.25, 0.3) is 0 Å². The minimum Gasteiger partial charge on any atom is -0.370 e. The average molecular weight is 258 g/mol. The molecule has 19 heavy (non-hydrogen) atoms. The summed E-state index contributed by atoms with van der Waals surface area (Å²) in [7, 11) is 0. The maximum atomic E-state index is 11.9. The summed E-state index contributed by atoms with van der Waals surface area (Å²) in [4.78, 5) is 18.0. The summed E-state index contributed by atoms with van der Waals surface area (Å²) in [6, 6.07) is 7.22. The maximum absolute atomic E-state index is 11.9. The van der Waals surface area contributed by atoms with Crippen molar-refractivity contribution in [1.82, 2.24) is 9.88 Å². The van der Waals surface area contributed by atoms with Gasteiger partial charge in [-0.05, 0) is 31.4 Å². The number of anilines is 1. The molecule has 0 aromatic carbocycles. The zero-order chi connectivity index (χ0) is 13.5. The Balaban J connectivity index is 1.76. The predicted molar refractivity (Wildman–Crippen MR) is 72.5 cm³/mol. The maximum Gasteiger partial charge on any atom is 0.224 e.